The molecule has 0 saturated heterocycles. The summed E-state index contributed by atoms with van der Waals surface area (Å²) in [4.78, 5) is 4.98. The Morgan fingerprint density at radius 1 is 0.907 bits per heavy atom. The number of rotatable bonds is 16. The Bertz CT molecular complexity index is 2370. The summed E-state index contributed by atoms with van der Waals surface area (Å²) in [6.45, 7) is 2.62. The van der Waals surface area contributed by atoms with Gasteiger partial charge in [0, 0.05) is 29.2 Å². The number of oxazole rings is 1. The predicted molar refractivity (Wildman–Crippen MR) is 209 cm³/mol. The molecule has 0 radical (unpaired) electrons. The molecule has 0 fully saturated rings. The molecule has 3 N–H and O–H groups in total. The number of allylic oxidation sites excluding steroid dienone is 7. The Labute approximate surface area is 316 Å². The van der Waals surface area contributed by atoms with Crippen LogP contribution in [0.5, 0.6) is 0 Å². The lowest BCUT2D eigenvalue weighted by molar-refractivity contribution is -0.677. The van der Waals surface area contributed by atoms with Crippen molar-refractivity contribution < 1.29 is 45.1 Å². The van der Waals surface area contributed by atoms with Crippen LogP contribution in [-0.2, 0) is 31.5 Å². The van der Waals surface area contributed by atoms with E-state index in [0.29, 0.717) is 42.5 Å². The summed E-state index contributed by atoms with van der Waals surface area (Å²) in [6, 6.07) is 25.5. The highest BCUT2D eigenvalue weighted by Crippen LogP contribution is 2.35. The summed E-state index contributed by atoms with van der Waals surface area (Å²) in [5.74, 6) is 0.103. The van der Waals surface area contributed by atoms with Gasteiger partial charge in [0.1, 0.15) is 6.61 Å². The monoisotopic (exact) mass is 772 g/mol. The predicted octanol–water partition coefficient (Wildman–Crippen LogP) is 7.88. The molecule has 0 saturated carbocycles. The Hall–Kier alpha value is -4.92. The lowest BCUT2D eigenvalue weighted by Crippen LogP contribution is -2.36. The summed E-state index contributed by atoms with van der Waals surface area (Å²) in [7, 11) is -8.36. The Morgan fingerprint density at radius 3 is 2.24 bits per heavy atom. The molecule has 3 aromatic carbocycles. The second kappa shape index (κ2) is 17.9. The fourth-order valence-electron chi connectivity index (χ4n) is 6.43. The minimum atomic E-state index is -4.19. The molecule has 0 atom stereocenters. The summed E-state index contributed by atoms with van der Waals surface area (Å²) in [5, 5.41) is 0. The first-order valence-corrected chi connectivity index (χ1v) is 20.9. The highest BCUT2D eigenvalue weighted by molar-refractivity contribution is 7.86. The van der Waals surface area contributed by atoms with Crippen molar-refractivity contribution in [3.05, 3.63) is 143 Å². The van der Waals surface area contributed by atoms with Crippen molar-refractivity contribution >= 4 is 43.1 Å². The maximum Gasteiger partial charge on any atom is 0.374 e. The average Bonchev–Trinajstić information content (AvgIpc) is 3.66. The topological polar surface area (TPSA) is 177 Å². The first-order chi connectivity index (χ1) is 25.5. The van der Waals surface area contributed by atoms with Crippen molar-refractivity contribution in [2.75, 3.05) is 18.1 Å². The van der Waals surface area contributed by atoms with Crippen LogP contribution in [0.25, 0.3) is 28.3 Å². The summed E-state index contributed by atoms with van der Waals surface area (Å²) < 4.78 is 80.5. The van der Waals surface area contributed by atoms with Gasteiger partial charge < -0.3 is 14.6 Å². The molecular weight excluding hydrogens is 729 g/mol. The van der Waals surface area contributed by atoms with Crippen molar-refractivity contribution in [3.63, 3.8) is 0 Å². The van der Waals surface area contributed by atoms with Crippen molar-refractivity contribution in [2.24, 2.45) is 4.99 Å². The molecule has 13 heteroatoms. The zero-order chi connectivity index (χ0) is 37.4. The number of fused-ring (bicyclic) bond motifs is 1. The van der Waals surface area contributed by atoms with Crippen LogP contribution in [0, 0.1) is 0 Å². The van der Waals surface area contributed by atoms with Crippen LogP contribution in [-0.4, -0.2) is 55.2 Å². The third kappa shape index (κ3) is 10.6. The molecule has 0 spiro atoms. The molecule has 284 valence electrons. The fraction of sp³-hybridized carbons (Fsp3) is 0.268. The molecule has 0 bridgehead atoms. The Balaban J connectivity index is 0.00000561. The minimum absolute atomic E-state index is 0. The van der Waals surface area contributed by atoms with E-state index >= 15 is 0 Å². The molecule has 0 unspecified atom stereocenters. The van der Waals surface area contributed by atoms with Gasteiger partial charge in [-0.05, 0) is 66.5 Å². The molecule has 6 rings (SSSR count). The maximum atomic E-state index is 11.7. The van der Waals surface area contributed by atoms with Gasteiger partial charge in [0.25, 0.3) is 25.8 Å². The van der Waals surface area contributed by atoms with Gasteiger partial charge in [0.15, 0.2) is 6.54 Å². The SMILES string of the molecule is CCC(=Cc1oc2ccc(-c3ccccc3)cc2[n+]1CCCS(=O)(=O)O)C=C1C(c2ccccc2)=NC(OCC2=CC=CCC2)=C1CCCS(=O)(=O)O.[OH-]. The molecule has 4 aromatic rings. The van der Waals surface area contributed by atoms with Crippen LogP contribution >= 0.6 is 0 Å². The zero-order valence-corrected chi connectivity index (χ0v) is 31.6. The summed E-state index contributed by atoms with van der Waals surface area (Å²) in [6.07, 6.45) is 13.1. The van der Waals surface area contributed by atoms with Crippen LogP contribution in [0.1, 0.15) is 56.9 Å². The molecule has 2 heterocycles. The van der Waals surface area contributed by atoms with Crippen LogP contribution < -0.4 is 4.57 Å². The number of hydrogen-bond donors (Lipinski definition) is 2. The number of aryl methyl sites for hydroxylation is 1. The summed E-state index contributed by atoms with van der Waals surface area (Å²) >= 11 is 0. The van der Waals surface area contributed by atoms with Gasteiger partial charge in [0.05, 0.1) is 23.3 Å². The largest absolute Gasteiger partial charge is 0.870 e. The lowest BCUT2D eigenvalue weighted by Gasteiger charge is -2.13. The Kier molecular flexibility index (Phi) is 13.4. The zero-order valence-electron chi connectivity index (χ0n) is 30.0. The van der Waals surface area contributed by atoms with E-state index in [0.717, 1.165) is 57.3 Å². The first-order valence-electron chi connectivity index (χ1n) is 17.7. The molecule has 1 aliphatic heterocycles. The average molecular weight is 773 g/mol. The molecule has 2 aliphatic rings. The van der Waals surface area contributed by atoms with Crippen LogP contribution in [0.4, 0.5) is 0 Å². The van der Waals surface area contributed by atoms with E-state index in [9.17, 15) is 25.9 Å². The third-order valence-electron chi connectivity index (χ3n) is 9.09. The summed E-state index contributed by atoms with van der Waals surface area (Å²) in [5.41, 5.74) is 8.41. The van der Waals surface area contributed by atoms with Gasteiger partial charge in [-0.3, -0.25) is 9.11 Å². The van der Waals surface area contributed by atoms with E-state index in [-0.39, 0.29) is 24.9 Å². The van der Waals surface area contributed by atoms with Gasteiger partial charge >= 0.3 is 5.89 Å². The third-order valence-corrected chi connectivity index (χ3v) is 10.7. The van der Waals surface area contributed by atoms with Gasteiger partial charge in [-0.1, -0.05) is 91.9 Å². The van der Waals surface area contributed by atoms with Gasteiger partial charge in [0.2, 0.25) is 11.5 Å². The number of aromatic nitrogens is 1. The smallest absolute Gasteiger partial charge is 0.374 e. The standard InChI is InChI=1S/C41H42N2O8S2.H2O/c1-2-30(27-39-43(23-13-25-53(47,48)49)37-28-34(21-22-38(37)51-39)32-16-8-4-9-17-32)26-36-35(20-12-24-52(44,45)46)41(50-29-31-14-6-3-7-15-31)42-40(36)33-18-10-5-11-19-33;/h3-6,8-11,14,16-19,21-22,26-28H,2,7,12-13,15,20,23-25,29H2,1H3,(H-,44,45,46,47,48,49);1H2. The lowest BCUT2D eigenvalue weighted by atomic mass is 9.93. The van der Waals surface area contributed by atoms with Crippen LogP contribution in [0.15, 0.2) is 141 Å². The Morgan fingerprint density at radius 2 is 1.59 bits per heavy atom. The number of hydrogen-bond acceptors (Lipinski definition) is 8. The maximum absolute atomic E-state index is 11.7. The van der Waals surface area contributed by atoms with E-state index < -0.39 is 31.7 Å². The second-order valence-corrected chi connectivity index (χ2v) is 16.1. The highest BCUT2D eigenvalue weighted by Gasteiger charge is 2.28. The molecular formula is C41H44N2O9S2. The van der Waals surface area contributed by atoms with Gasteiger partial charge in [-0.15, -0.1) is 0 Å². The van der Waals surface area contributed by atoms with Crippen molar-refractivity contribution in [2.45, 2.75) is 52.0 Å². The number of ether oxygens (including phenoxy) is 1. The minimum Gasteiger partial charge on any atom is -0.870 e. The first kappa shape index (κ1) is 40.3. The normalized spacial score (nSPS) is 15.8. The van der Waals surface area contributed by atoms with E-state index in [1.54, 1.807) is 0 Å². The van der Waals surface area contributed by atoms with Gasteiger partial charge in [-0.2, -0.15) is 21.4 Å². The van der Waals surface area contributed by atoms with E-state index in [2.05, 4.69) is 6.08 Å². The quantitative estimate of drug-likeness (QED) is 0.0847. The highest BCUT2D eigenvalue weighted by atomic mass is 32.2. The van der Waals surface area contributed by atoms with Crippen molar-refractivity contribution in [1.82, 2.24) is 0 Å². The second-order valence-electron chi connectivity index (χ2n) is 13.0. The molecule has 1 aliphatic carbocycles. The molecule has 54 heavy (non-hydrogen) atoms. The van der Waals surface area contributed by atoms with Crippen molar-refractivity contribution in [1.29, 1.82) is 0 Å². The van der Waals surface area contributed by atoms with Gasteiger partial charge in [-0.25, -0.2) is 4.99 Å². The number of nitrogens with zero attached hydrogens (tertiary/aromatic N) is 2. The molecule has 11 nitrogen and oxygen atoms in total. The molecule has 1 aromatic heterocycles. The van der Waals surface area contributed by atoms with E-state index in [1.807, 2.05) is 115 Å². The van der Waals surface area contributed by atoms with E-state index in [4.69, 9.17) is 14.1 Å². The van der Waals surface area contributed by atoms with Crippen LogP contribution in [0.3, 0.4) is 0 Å². The van der Waals surface area contributed by atoms with Crippen LogP contribution in [0.2, 0.25) is 0 Å². The molecule has 0 amide bonds. The number of aliphatic imine (C=N–C) groups is 1. The number of benzene rings is 3. The van der Waals surface area contributed by atoms with E-state index in [1.165, 1.54) is 0 Å². The van der Waals surface area contributed by atoms with Crippen molar-refractivity contribution in [3.8, 4) is 11.1 Å². The fourth-order valence-corrected chi connectivity index (χ4v) is 7.43.